The van der Waals surface area contributed by atoms with Crippen LogP contribution in [0.1, 0.15) is 29.6 Å². The van der Waals surface area contributed by atoms with E-state index in [1.54, 1.807) is 12.3 Å². The van der Waals surface area contributed by atoms with E-state index in [9.17, 15) is 9.18 Å². The van der Waals surface area contributed by atoms with Crippen LogP contribution in [0.15, 0.2) is 24.5 Å². The van der Waals surface area contributed by atoms with Crippen molar-refractivity contribution in [1.82, 2.24) is 20.2 Å². The lowest BCUT2D eigenvalue weighted by Crippen LogP contribution is -2.62. The number of halogens is 1. The Balaban J connectivity index is 1.48. The van der Waals surface area contributed by atoms with Crippen LogP contribution in [-0.2, 0) is 0 Å². The summed E-state index contributed by atoms with van der Waals surface area (Å²) in [4.78, 5) is 23.7. The normalized spacial score (nSPS) is 28.8. The molecular weight excluding hydrogens is 327 g/mol. The van der Waals surface area contributed by atoms with Crippen LogP contribution >= 0.6 is 11.3 Å². The van der Waals surface area contributed by atoms with Crippen LogP contribution in [0.2, 0.25) is 0 Å². The second-order valence-electron chi connectivity index (χ2n) is 6.51. The Morgan fingerprint density at radius 1 is 1.29 bits per heavy atom. The summed E-state index contributed by atoms with van der Waals surface area (Å²) in [5.41, 5.74) is 0.768. The molecule has 0 radical (unpaired) electrons. The van der Waals surface area contributed by atoms with Crippen molar-refractivity contribution in [2.45, 2.75) is 31.8 Å². The number of fused-ring (bicyclic) bond motifs is 3. The van der Waals surface area contributed by atoms with Gasteiger partial charge in [-0.25, -0.2) is 9.97 Å². The van der Waals surface area contributed by atoms with Gasteiger partial charge in [0.15, 0.2) is 5.01 Å². The van der Waals surface area contributed by atoms with Crippen molar-refractivity contribution < 1.29 is 9.18 Å². The molecule has 2 aromatic heterocycles. The van der Waals surface area contributed by atoms with Gasteiger partial charge in [-0.15, -0.1) is 11.3 Å². The highest BCUT2D eigenvalue weighted by atomic mass is 32.1. The Kier molecular flexibility index (Phi) is 4.05. The Morgan fingerprint density at radius 3 is 2.75 bits per heavy atom. The van der Waals surface area contributed by atoms with E-state index in [0.717, 1.165) is 36.4 Å². The van der Waals surface area contributed by atoms with E-state index in [1.165, 1.54) is 23.6 Å². The molecule has 3 saturated heterocycles. The first kappa shape index (κ1) is 15.7. The van der Waals surface area contributed by atoms with E-state index in [1.807, 2.05) is 0 Å². The standard InChI is InChI=1S/C17H19FN4OS/c1-10-15(11-4-6-22(10)7-5-11)21-16(23)17-20-9-13(24-17)12-2-3-14(18)19-8-12/h2-3,8-11,15H,4-7H2,1H3,(H,21,23)/t10-,15-/m0/s1. The fourth-order valence-corrected chi connectivity index (χ4v) is 4.60. The summed E-state index contributed by atoms with van der Waals surface area (Å²) in [7, 11) is 0. The van der Waals surface area contributed by atoms with E-state index in [-0.39, 0.29) is 11.9 Å². The number of thiazole rings is 1. The SMILES string of the molecule is C[C@H]1[C@H](NC(=O)c2ncc(-c3ccc(F)nc3)s2)C2CCN1CC2. The number of aromatic nitrogens is 2. The first-order chi connectivity index (χ1) is 11.6. The zero-order chi connectivity index (χ0) is 16.7. The summed E-state index contributed by atoms with van der Waals surface area (Å²) in [5, 5.41) is 3.62. The Labute approximate surface area is 143 Å². The van der Waals surface area contributed by atoms with Gasteiger partial charge in [0.2, 0.25) is 5.95 Å². The van der Waals surface area contributed by atoms with E-state index in [0.29, 0.717) is 17.0 Å². The Bertz CT molecular complexity index is 737. The van der Waals surface area contributed by atoms with Crippen LogP contribution in [0.5, 0.6) is 0 Å². The molecule has 0 aliphatic carbocycles. The van der Waals surface area contributed by atoms with Gasteiger partial charge in [-0.3, -0.25) is 9.69 Å². The lowest BCUT2D eigenvalue weighted by atomic mass is 9.79. The second-order valence-corrected chi connectivity index (χ2v) is 7.54. The van der Waals surface area contributed by atoms with Gasteiger partial charge in [-0.05, 0) is 50.9 Å². The highest BCUT2D eigenvalue weighted by molar-refractivity contribution is 7.16. The molecule has 2 aromatic rings. The van der Waals surface area contributed by atoms with E-state index in [2.05, 4.69) is 27.1 Å². The lowest BCUT2D eigenvalue weighted by Gasteiger charge is -2.49. The smallest absolute Gasteiger partial charge is 0.280 e. The minimum absolute atomic E-state index is 0.119. The zero-order valence-corrected chi connectivity index (χ0v) is 14.2. The molecule has 0 aromatic carbocycles. The largest absolute Gasteiger partial charge is 0.345 e. The van der Waals surface area contributed by atoms with Crippen LogP contribution in [0.3, 0.4) is 0 Å². The molecule has 3 aliphatic rings. The van der Waals surface area contributed by atoms with Crippen LogP contribution in [0.4, 0.5) is 4.39 Å². The quantitative estimate of drug-likeness (QED) is 0.868. The molecule has 0 spiro atoms. The number of nitrogens with zero attached hydrogens (tertiary/aromatic N) is 3. The highest BCUT2D eigenvalue weighted by Gasteiger charge is 2.40. The van der Waals surface area contributed by atoms with Gasteiger partial charge in [-0.1, -0.05) is 0 Å². The molecule has 2 atom stereocenters. The minimum Gasteiger partial charge on any atom is -0.345 e. The van der Waals surface area contributed by atoms with Gasteiger partial charge in [-0.2, -0.15) is 4.39 Å². The summed E-state index contributed by atoms with van der Waals surface area (Å²) < 4.78 is 12.9. The van der Waals surface area contributed by atoms with Crippen molar-refractivity contribution in [3.05, 3.63) is 35.5 Å². The maximum atomic E-state index is 12.9. The van der Waals surface area contributed by atoms with Crippen molar-refractivity contribution in [1.29, 1.82) is 0 Å². The number of hydrogen-bond donors (Lipinski definition) is 1. The number of piperidine rings is 3. The van der Waals surface area contributed by atoms with Crippen molar-refractivity contribution >= 4 is 17.2 Å². The topological polar surface area (TPSA) is 58.1 Å². The molecule has 1 N–H and O–H groups in total. The van der Waals surface area contributed by atoms with Crippen LogP contribution in [-0.4, -0.2) is 45.9 Å². The van der Waals surface area contributed by atoms with Gasteiger partial charge < -0.3 is 5.32 Å². The molecule has 0 saturated carbocycles. The average Bonchev–Trinajstić information content (AvgIpc) is 3.09. The third-order valence-corrected chi connectivity index (χ3v) is 6.23. The van der Waals surface area contributed by atoms with Gasteiger partial charge in [0.1, 0.15) is 0 Å². The predicted molar refractivity (Wildman–Crippen MR) is 90.3 cm³/mol. The number of nitrogens with one attached hydrogen (secondary N) is 1. The second kappa shape index (κ2) is 6.22. The maximum absolute atomic E-state index is 12.9. The molecule has 126 valence electrons. The molecule has 7 heteroatoms. The molecule has 1 amide bonds. The number of pyridine rings is 1. The van der Waals surface area contributed by atoms with Crippen LogP contribution in [0.25, 0.3) is 10.4 Å². The lowest BCUT2D eigenvalue weighted by molar-refractivity contribution is 0.0217. The fraction of sp³-hybridized carbons (Fsp3) is 0.471. The van der Waals surface area contributed by atoms with Gasteiger partial charge >= 0.3 is 0 Å². The van der Waals surface area contributed by atoms with Gasteiger partial charge in [0.05, 0.1) is 4.88 Å². The summed E-state index contributed by atoms with van der Waals surface area (Å²) in [5.74, 6) is -0.0702. The van der Waals surface area contributed by atoms with Crippen molar-refractivity contribution in [3.8, 4) is 10.4 Å². The minimum atomic E-state index is -0.516. The maximum Gasteiger partial charge on any atom is 0.280 e. The number of carbonyl (C=O) groups excluding carboxylic acids is 1. The van der Waals surface area contributed by atoms with E-state index < -0.39 is 5.95 Å². The van der Waals surface area contributed by atoms with E-state index in [4.69, 9.17) is 0 Å². The highest BCUT2D eigenvalue weighted by Crippen LogP contribution is 2.32. The first-order valence-electron chi connectivity index (χ1n) is 8.24. The summed E-state index contributed by atoms with van der Waals surface area (Å²) in [6.45, 7) is 4.46. The summed E-state index contributed by atoms with van der Waals surface area (Å²) >= 11 is 1.31. The monoisotopic (exact) mass is 346 g/mol. The number of rotatable bonds is 3. The summed E-state index contributed by atoms with van der Waals surface area (Å²) in [6, 6.07) is 3.53. The average molecular weight is 346 g/mol. The Hall–Kier alpha value is -1.86. The molecule has 0 unspecified atom stereocenters. The number of hydrogen-bond acceptors (Lipinski definition) is 5. The van der Waals surface area contributed by atoms with Crippen molar-refractivity contribution in [3.63, 3.8) is 0 Å². The molecule has 3 fully saturated rings. The third-order valence-electron chi connectivity index (χ3n) is 5.19. The van der Waals surface area contributed by atoms with Crippen molar-refractivity contribution in [2.75, 3.05) is 13.1 Å². The van der Waals surface area contributed by atoms with Crippen LogP contribution < -0.4 is 5.32 Å². The first-order valence-corrected chi connectivity index (χ1v) is 9.06. The molecular formula is C17H19FN4OS. The molecule has 2 bridgehead atoms. The van der Waals surface area contributed by atoms with Crippen molar-refractivity contribution in [2.24, 2.45) is 5.92 Å². The molecule has 24 heavy (non-hydrogen) atoms. The van der Waals surface area contributed by atoms with Gasteiger partial charge in [0, 0.05) is 30.0 Å². The third kappa shape index (κ3) is 2.82. The van der Waals surface area contributed by atoms with E-state index >= 15 is 0 Å². The Morgan fingerprint density at radius 2 is 2.08 bits per heavy atom. The van der Waals surface area contributed by atoms with Gasteiger partial charge in [0.25, 0.3) is 5.91 Å². The zero-order valence-electron chi connectivity index (χ0n) is 13.4. The van der Waals surface area contributed by atoms with Crippen LogP contribution in [0, 0.1) is 11.9 Å². The molecule has 5 heterocycles. The molecule has 5 rings (SSSR count). The number of carbonyl (C=O) groups is 1. The number of amides is 1. The molecule has 3 aliphatic heterocycles. The summed E-state index contributed by atoms with van der Waals surface area (Å²) in [6.07, 6.45) is 5.41. The predicted octanol–water partition coefficient (Wildman–Crippen LogP) is 2.56. The molecule has 5 nitrogen and oxygen atoms in total. The fourth-order valence-electron chi connectivity index (χ4n) is 3.79.